The quantitative estimate of drug-likeness (QED) is 0.157. The van der Waals surface area contributed by atoms with Crippen LogP contribution in [0.1, 0.15) is 38.3 Å². The summed E-state index contributed by atoms with van der Waals surface area (Å²) in [5, 5.41) is 55.6. The summed E-state index contributed by atoms with van der Waals surface area (Å²) in [7, 11) is 2.00. The SMILES string of the molecule is CC(=O)[O-].CCOc1cccc(C=NCCCN=Cc2cccc(OCC)c2[O-])c1[O-].CO.CO.[Cd+2].[N-]=C=S.[Ni+2]. The fourth-order valence-corrected chi connectivity index (χ4v) is 2.39. The monoisotopic (exact) mass is 721 g/mol. The van der Waals surface area contributed by atoms with Crippen LogP contribution < -0.4 is 24.8 Å². The van der Waals surface area contributed by atoms with Crippen LogP contribution in [0.3, 0.4) is 0 Å². The van der Waals surface area contributed by atoms with E-state index in [0.717, 1.165) is 21.1 Å². The Bertz CT molecular complexity index is 923. The Morgan fingerprint density at radius 3 is 1.50 bits per heavy atom. The molecular weight excluding hydrogens is 685 g/mol. The number of thiocarbonyl (C=S) groups is 1. The number of aliphatic carboxylic acids is 1. The fourth-order valence-electron chi connectivity index (χ4n) is 2.39. The predicted octanol–water partition coefficient (Wildman–Crippen LogP) is 1.19. The second-order valence-electron chi connectivity index (χ2n) is 6.22. The van der Waals surface area contributed by atoms with E-state index >= 15 is 0 Å². The number of hydrogen-bond donors (Lipinski definition) is 2. The molecule has 0 aliphatic heterocycles. The number of para-hydroxylation sites is 2. The Hall–Kier alpha value is -2.41. The van der Waals surface area contributed by atoms with Crippen LogP contribution in [0.15, 0.2) is 46.4 Å². The Morgan fingerprint density at radius 1 is 0.925 bits per heavy atom. The standard InChI is InChI=1S/C21H26N2O4.C2H4O2.CNS.2CH4O.Cd.Ni/c1-3-26-18-10-5-8-16(20(18)24)14-22-12-7-13-23-15-17-9-6-11-19(21(17)25)27-4-2;1-2(3)4;2-1-3;2*1-2;;/h5-6,8-11,14-15,24-25H,3-4,7,12-13H2,1-2H3;1H3,(H,3,4);;2*2H,1H3;;/q;;-1;;;2*+2/p-3. The average Bonchev–Trinajstić information content (AvgIpc) is 2.90. The third-order valence-electron chi connectivity index (χ3n) is 3.65. The number of aliphatic hydroxyl groups excluding tert-OH is 2. The minimum absolute atomic E-state index is 0. The van der Waals surface area contributed by atoms with Crippen molar-refractivity contribution in [1.29, 1.82) is 0 Å². The van der Waals surface area contributed by atoms with Crippen molar-refractivity contribution in [2.24, 2.45) is 9.98 Å². The summed E-state index contributed by atoms with van der Waals surface area (Å²) in [6.07, 6.45) is 3.84. The maximum atomic E-state index is 12.1. The number of aliphatic hydroxyl groups is 2. The Labute approximate surface area is 271 Å². The normalized spacial score (nSPS) is 8.78. The molecule has 11 nitrogen and oxygen atoms in total. The zero-order chi connectivity index (χ0) is 29.8. The molecule has 0 heterocycles. The molecule has 0 saturated carbocycles. The van der Waals surface area contributed by atoms with Crippen LogP contribution in [-0.4, -0.2) is 74.3 Å². The third-order valence-corrected chi connectivity index (χ3v) is 3.65. The minimum atomic E-state index is -1.08. The van der Waals surface area contributed by atoms with Crippen molar-refractivity contribution in [2.45, 2.75) is 27.2 Å². The van der Waals surface area contributed by atoms with Crippen molar-refractivity contribution >= 4 is 35.8 Å². The van der Waals surface area contributed by atoms with E-state index in [0.29, 0.717) is 55.4 Å². The van der Waals surface area contributed by atoms with Gasteiger partial charge in [-0.2, -0.15) is 5.16 Å². The van der Waals surface area contributed by atoms with Crippen molar-refractivity contribution in [3.63, 3.8) is 0 Å². The maximum Gasteiger partial charge on any atom is 2.00 e. The Kier molecular flexibility index (Phi) is 41.0. The smallest absolute Gasteiger partial charge is 0.870 e. The fraction of sp³-hybridized carbons (Fsp3) is 0.385. The van der Waals surface area contributed by atoms with Gasteiger partial charge in [-0.3, -0.25) is 9.98 Å². The third kappa shape index (κ3) is 24.6. The zero-order valence-corrected chi connectivity index (χ0v) is 29.1. The van der Waals surface area contributed by atoms with E-state index in [1.54, 1.807) is 48.8 Å². The zero-order valence-electron chi connectivity index (χ0n) is 23.3. The van der Waals surface area contributed by atoms with Crippen LogP contribution in [0.5, 0.6) is 23.0 Å². The summed E-state index contributed by atoms with van der Waals surface area (Å²) in [6.45, 7) is 6.63. The van der Waals surface area contributed by atoms with Gasteiger partial charge in [0.05, 0.1) is 13.2 Å². The molecule has 2 aromatic rings. The molecule has 2 N–H and O–H groups in total. The van der Waals surface area contributed by atoms with Gasteiger partial charge in [0.15, 0.2) is 0 Å². The van der Waals surface area contributed by atoms with Gasteiger partial charge in [0.25, 0.3) is 0 Å². The van der Waals surface area contributed by atoms with Gasteiger partial charge in [0.1, 0.15) is 11.5 Å². The van der Waals surface area contributed by atoms with Crippen LogP contribution in [-0.2, 0) is 48.6 Å². The second-order valence-corrected chi connectivity index (χ2v) is 6.40. The van der Waals surface area contributed by atoms with Gasteiger partial charge in [0.2, 0.25) is 0 Å². The van der Waals surface area contributed by atoms with E-state index in [1.807, 2.05) is 13.8 Å². The van der Waals surface area contributed by atoms with E-state index in [9.17, 15) is 10.2 Å². The van der Waals surface area contributed by atoms with Gasteiger partial charge in [-0.1, -0.05) is 48.0 Å². The molecule has 0 atom stereocenters. The summed E-state index contributed by atoms with van der Waals surface area (Å²) in [6, 6.07) is 10.3. The summed E-state index contributed by atoms with van der Waals surface area (Å²) < 4.78 is 10.6. The summed E-state index contributed by atoms with van der Waals surface area (Å²) in [4.78, 5) is 17.4. The molecule has 0 aromatic heterocycles. The molecule has 0 saturated heterocycles. The van der Waals surface area contributed by atoms with Crippen molar-refractivity contribution in [1.82, 2.24) is 0 Å². The van der Waals surface area contributed by atoms with Crippen molar-refractivity contribution in [3.8, 4) is 23.0 Å². The van der Waals surface area contributed by atoms with Gasteiger partial charge in [0, 0.05) is 45.7 Å². The number of benzene rings is 2. The van der Waals surface area contributed by atoms with Gasteiger partial charge in [-0.05, 0) is 50.5 Å². The molecule has 0 bridgehead atoms. The molecule has 220 valence electrons. The molecule has 0 radical (unpaired) electrons. The number of ether oxygens (including phenoxy) is 2. The molecule has 2 aromatic carbocycles. The second kappa shape index (κ2) is 34.6. The van der Waals surface area contributed by atoms with Gasteiger partial charge >= 0.3 is 43.8 Å². The number of aliphatic imine (C=N–C) groups is 2. The van der Waals surface area contributed by atoms with E-state index in [4.69, 9.17) is 35.0 Å². The van der Waals surface area contributed by atoms with Gasteiger partial charge in [-0.15, -0.1) is 0 Å². The molecule has 14 heteroatoms. The number of hydrogen-bond acceptors (Lipinski definition) is 11. The molecule has 0 spiro atoms. The number of nitrogens with zero attached hydrogens (tertiary/aromatic N) is 3. The van der Waals surface area contributed by atoms with E-state index in [2.05, 4.69) is 22.2 Å². The first-order chi connectivity index (χ1) is 18.3. The Morgan fingerprint density at radius 2 is 1.23 bits per heavy atom. The molecule has 40 heavy (non-hydrogen) atoms. The average molecular weight is 721 g/mol. The number of isothiocyanates is 1. The van der Waals surface area contributed by atoms with Gasteiger partial charge < -0.3 is 45.2 Å². The first-order valence-electron chi connectivity index (χ1n) is 11.3. The summed E-state index contributed by atoms with van der Waals surface area (Å²) in [5.74, 6) is -0.709. The molecule has 2 rings (SSSR count). The topological polar surface area (TPSA) is 192 Å². The van der Waals surface area contributed by atoms with E-state index < -0.39 is 5.97 Å². The molecule has 0 unspecified atom stereocenters. The number of carbonyl (C=O) groups excluding carboxylic acids is 1. The largest absolute Gasteiger partial charge is 2.00 e. The Balaban J connectivity index is -0.000000273. The minimum Gasteiger partial charge on any atom is -0.870 e. The maximum absolute atomic E-state index is 12.1. The molecule has 0 amide bonds. The van der Waals surface area contributed by atoms with Crippen LogP contribution >= 0.6 is 12.2 Å². The number of carboxylic acid groups (broad SMARTS) is 1. The molecule has 0 aliphatic rings. The van der Waals surface area contributed by atoms with Crippen LogP contribution in [0.25, 0.3) is 5.41 Å². The molecule has 0 fully saturated rings. The number of rotatable bonds is 10. The summed E-state index contributed by atoms with van der Waals surface area (Å²) in [5.41, 5.74) is 1.02. The summed E-state index contributed by atoms with van der Waals surface area (Å²) >= 11 is 3.70. The van der Waals surface area contributed by atoms with Crippen molar-refractivity contribution in [3.05, 3.63) is 52.9 Å². The number of carboxylic acids is 1. The molecule has 0 aliphatic carbocycles. The molecular formula is C26H35CdN3NiO8S. The first kappa shape index (κ1) is 47.4. The first-order valence-corrected chi connectivity index (χ1v) is 11.7. The number of carbonyl (C=O) groups is 1. The van der Waals surface area contributed by atoms with Crippen LogP contribution in [0.2, 0.25) is 0 Å². The van der Waals surface area contributed by atoms with E-state index in [-0.39, 0.29) is 55.3 Å². The van der Waals surface area contributed by atoms with Crippen molar-refractivity contribution < 1.29 is 83.6 Å². The van der Waals surface area contributed by atoms with E-state index in [1.165, 1.54) is 5.16 Å². The van der Waals surface area contributed by atoms with Crippen LogP contribution in [0, 0.1) is 0 Å². The van der Waals surface area contributed by atoms with Crippen LogP contribution in [0.4, 0.5) is 0 Å². The van der Waals surface area contributed by atoms with Gasteiger partial charge in [-0.25, -0.2) is 0 Å². The predicted molar refractivity (Wildman–Crippen MR) is 147 cm³/mol. The van der Waals surface area contributed by atoms with Crippen molar-refractivity contribution in [2.75, 3.05) is 40.5 Å².